The monoisotopic (exact) mass is 202 g/mol. The van der Waals surface area contributed by atoms with Gasteiger partial charge in [-0.3, -0.25) is 4.57 Å². The fourth-order valence-corrected chi connectivity index (χ4v) is 1.81. The van der Waals surface area contributed by atoms with Gasteiger partial charge in [0.15, 0.2) is 0 Å². The number of rotatable bonds is 4. The van der Waals surface area contributed by atoms with Crippen LogP contribution in [0.15, 0.2) is 11.6 Å². The van der Waals surface area contributed by atoms with Crippen LogP contribution in [0.25, 0.3) is 0 Å². The van der Waals surface area contributed by atoms with Gasteiger partial charge in [0.25, 0.3) is 7.37 Å². The van der Waals surface area contributed by atoms with Crippen molar-refractivity contribution in [1.29, 1.82) is 0 Å². The average Bonchev–Trinajstić information content (AvgIpc) is 1.99. The van der Waals surface area contributed by atoms with Crippen molar-refractivity contribution in [2.75, 3.05) is 6.16 Å². The SMILES string of the molecule is CCCCP(=O)(O)C(F)=C(F)F. The third kappa shape index (κ3) is 3.41. The molecule has 12 heavy (non-hydrogen) atoms. The zero-order valence-electron chi connectivity index (χ0n) is 6.56. The van der Waals surface area contributed by atoms with Gasteiger partial charge in [0.05, 0.1) is 0 Å². The molecule has 1 atom stereocenters. The van der Waals surface area contributed by atoms with Crippen LogP contribution in [0.5, 0.6) is 0 Å². The molecule has 0 aromatic heterocycles. The van der Waals surface area contributed by atoms with E-state index in [-0.39, 0.29) is 6.42 Å². The maximum absolute atomic E-state index is 12.2. The van der Waals surface area contributed by atoms with E-state index in [0.29, 0.717) is 6.42 Å². The summed E-state index contributed by atoms with van der Waals surface area (Å²) in [6.07, 6.45) is -2.30. The minimum absolute atomic E-state index is 0.258. The molecule has 1 unspecified atom stereocenters. The van der Waals surface area contributed by atoms with Gasteiger partial charge < -0.3 is 4.89 Å². The Balaban J connectivity index is 4.41. The van der Waals surface area contributed by atoms with Crippen molar-refractivity contribution < 1.29 is 22.6 Å². The van der Waals surface area contributed by atoms with Crippen LogP contribution in [0.2, 0.25) is 0 Å². The predicted octanol–water partition coefficient (Wildman–Crippen LogP) is 3.09. The molecule has 0 fully saturated rings. The lowest BCUT2D eigenvalue weighted by atomic mass is 10.4. The van der Waals surface area contributed by atoms with Crippen LogP contribution in [0, 0.1) is 0 Å². The normalized spacial score (nSPS) is 15.4. The van der Waals surface area contributed by atoms with E-state index in [0.717, 1.165) is 0 Å². The summed E-state index contributed by atoms with van der Waals surface area (Å²) in [7, 11) is -4.39. The third-order valence-corrected chi connectivity index (χ3v) is 2.98. The minimum atomic E-state index is -4.39. The minimum Gasteiger partial charge on any atom is -0.339 e. The summed E-state index contributed by atoms with van der Waals surface area (Å²) in [6.45, 7) is 1.72. The van der Waals surface area contributed by atoms with Crippen LogP contribution in [0.1, 0.15) is 19.8 Å². The lowest BCUT2D eigenvalue weighted by molar-refractivity contribution is 0.380. The van der Waals surface area contributed by atoms with E-state index in [4.69, 9.17) is 4.89 Å². The fourth-order valence-electron chi connectivity index (χ4n) is 0.603. The summed E-state index contributed by atoms with van der Waals surface area (Å²) in [5, 5.41) is 0. The number of hydrogen-bond donors (Lipinski definition) is 1. The maximum Gasteiger partial charge on any atom is 0.311 e. The summed E-state index contributed by atoms with van der Waals surface area (Å²) >= 11 is 0. The first-order valence-electron chi connectivity index (χ1n) is 3.45. The first-order chi connectivity index (χ1) is 5.41. The molecule has 0 aliphatic rings. The van der Waals surface area contributed by atoms with Crippen molar-refractivity contribution in [2.24, 2.45) is 0 Å². The molecule has 0 aliphatic carbocycles. The van der Waals surface area contributed by atoms with Crippen LogP contribution >= 0.6 is 7.37 Å². The highest BCUT2D eigenvalue weighted by Gasteiger charge is 2.28. The Morgan fingerprint density at radius 2 is 1.92 bits per heavy atom. The molecule has 0 bridgehead atoms. The van der Waals surface area contributed by atoms with Crippen molar-refractivity contribution in [3.63, 3.8) is 0 Å². The first-order valence-corrected chi connectivity index (χ1v) is 5.29. The largest absolute Gasteiger partial charge is 0.339 e. The number of halogens is 3. The van der Waals surface area contributed by atoms with E-state index >= 15 is 0 Å². The highest BCUT2D eigenvalue weighted by Crippen LogP contribution is 2.52. The Morgan fingerprint density at radius 3 is 2.25 bits per heavy atom. The molecule has 6 heteroatoms. The second kappa shape index (κ2) is 4.67. The topological polar surface area (TPSA) is 37.3 Å². The highest BCUT2D eigenvalue weighted by atomic mass is 31.2. The third-order valence-electron chi connectivity index (χ3n) is 1.28. The summed E-state index contributed by atoms with van der Waals surface area (Å²) in [5.74, 6) is 0. The van der Waals surface area contributed by atoms with Gasteiger partial charge >= 0.3 is 6.08 Å². The van der Waals surface area contributed by atoms with Gasteiger partial charge in [0.2, 0.25) is 5.57 Å². The van der Waals surface area contributed by atoms with Gasteiger partial charge in [-0.05, 0) is 6.42 Å². The Hall–Kier alpha value is -0.280. The molecule has 0 heterocycles. The molecule has 2 nitrogen and oxygen atoms in total. The number of hydrogen-bond acceptors (Lipinski definition) is 1. The van der Waals surface area contributed by atoms with E-state index < -0.39 is 25.2 Å². The molecule has 0 spiro atoms. The summed E-state index contributed by atoms with van der Waals surface area (Å²) in [5.41, 5.74) is -2.16. The molecule has 0 aliphatic heterocycles. The fraction of sp³-hybridized carbons (Fsp3) is 0.667. The molecular formula is C6H10F3O2P. The van der Waals surface area contributed by atoms with Crippen LogP contribution in [-0.4, -0.2) is 11.1 Å². The lowest BCUT2D eigenvalue weighted by Gasteiger charge is -2.06. The van der Waals surface area contributed by atoms with E-state index in [9.17, 15) is 17.7 Å². The van der Waals surface area contributed by atoms with Gasteiger partial charge in [-0.1, -0.05) is 13.3 Å². The second-order valence-electron chi connectivity index (χ2n) is 2.33. The van der Waals surface area contributed by atoms with Gasteiger partial charge in [-0.15, -0.1) is 0 Å². The second-order valence-corrected chi connectivity index (χ2v) is 4.57. The van der Waals surface area contributed by atoms with Crippen molar-refractivity contribution in [2.45, 2.75) is 19.8 Å². The van der Waals surface area contributed by atoms with Crippen molar-refractivity contribution in [1.82, 2.24) is 0 Å². The standard InChI is InChI=1S/C6H10F3O2P/c1-2-3-4-12(10,11)6(9)5(7)8/h2-4H2,1H3,(H,10,11). The molecule has 0 amide bonds. The van der Waals surface area contributed by atoms with E-state index in [1.807, 2.05) is 0 Å². The molecule has 0 saturated heterocycles. The Kier molecular flexibility index (Phi) is 4.57. The van der Waals surface area contributed by atoms with Gasteiger partial charge in [0, 0.05) is 6.16 Å². The lowest BCUT2D eigenvalue weighted by Crippen LogP contribution is -1.90. The van der Waals surface area contributed by atoms with Gasteiger partial charge in [0.1, 0.15) is 0 Å². The van der Waals surface area contributed by atoms with E-state index in [2.05, 4.69) is 0 Å². The van der Waals surface area contributed by atoms with Crippen LogP contribution < -0.4 is 0 Å². The Labute approximate surface area is 68.5 Å². The average molecular weight is 202 g/mol. The molecule has 1 N–H and O–H groups in total. The van der Waals surface area contributed by atoms with Crippen LogP contribution in [0.4, 0.5) is 13.2 Å². The van der Waals surface area contributed by atoms with Crippen LogP contribution in [-0.2, 0) is 4.57 Å². The quantitative estimate of drug-likeness (QED) is 0.711. The van der Waals surface area contributed by atoms with Crippen LogP contribution in [0.3, 0.4) is 0 Å². The Bertz CT molecular complexity index is 223. The van der Waals surface area contributed by atoms with Gasteiger partial charge in [-0.25, -0.2) is 0 Å². The molecule has 0 rings (SSSR count). The Morgan fingerprint density at radius 1 is 1.42 bits per heavy atom. The molecule has 0 radical (unpaired) electrons. The molecule has 0 saturated carbocycles. The van der Waals surface area contributed by atoms with Gasteiger partial charge in [-0.2, -0.15) is 13.2 Å². The zero-order chi connectivity index (χ0) is 9.78. The maximum atomic E-state index is 12.2. The predicted molar refractivity (Wildman–Crippen MR) is 40.0 cm³/mol. The summed E-state index contributed by atoms with van der Waals surface area (Å²) in [4.78, 5) is 8.73. The molecule has 72 valence electrons. The van der Waals surface area contributed by atoms with E-state index in [1.165, 1.54) is 0 Å². The highest BCUT2D eigenvalue weighted by molar-refractivity contribution is 7.62. The molecular weight excluding hydrogens is 192 g/mol. The smallest absolute Gasteiger partial charge is 0.311 e. The zero-order valence-corrected chi connectivity index (χ0v) is 7.45. The van der Waals surface area contributed by atoms with Crippen molar-refractivity contribution >= 4 is 7.37 Å². The van der Waals surface area contributed by atoms with Crippen molar-refractivity contribution in [3.8, 4) is 0 Å². The summed E-state index contributed by atoms with van der Waals surface area (Å²) < 4.78 is 46.0. The van der Waals surface area contributed by atoms with Crippen molar-refractivity contribution in [3.05, 3.63) is 11.6 Å². The first kappa shape index (κ1) is 11.7. The molecule has 0 aromatic rings. The summed E-state index contributed by atoms with van der Waals surface area (Å²) in [6, 6.07) is 0. The molecule has 0 aromatic carbocycles. The number of unbranched alkanes of at least 4 members (excludes halogenated alkanes) is 1. The van der Waals surface area contributed by atoms with E-state index in [1.54, 1.807) is 6.92 Å².